The molecule has 0 aliphatic carbocycles. The fourth-order valence-corrected chi connectivity index (χ4v) is 3.28. The Morgan fingerprint density at radius 2 is 1.84 bits per heavy atom. The molecule has 3 rings (SSSR count). The highest BCUT2D eigenvalue weighted by Crippen LogP contribution is 2.32. The van der Waals surface area contributed by atoms with Gasteiger partial charge in [-0.25, -0.2) is 0 Å². The van der Waals surface area contributed by atoms with Crippen molar-refractivity contribution in [3.63, 3.8) is 0 Å². The van der Waals surface area contributed by atoms with Crippen molar-refractivity contribution in [1.29, 1.82) is 0 Å². The molecule has 1 aliphatic rings. The number of carbonyl (C=O) groups is 1. The van der Waals surface area contributed by atoms with Gasteiger partial charge in [0.15, 0.2) is 4.32 Å². The zero-order valence-corrected chi connectivity index (χ0v) is 14.4. The molecule has 0 aromatic heterocycles. The van der Waals surface area contributed by atoms with Gasteiger partial charge in [0.05, 0.1) is 16.0 Å². The number of nitro benzene ring substituents is 1. The average Bonchev–Trinajstić information content (AvgIpc) is 2.87. The van der Waals surface area contributed by atoms with E-state index < -0.39 is 4.92 Å². The first kappa shape index (κ1) is 17.0. The molecular weight excluding hydrogens is 358 g/mol. The van der Waals surface area contributed by atoms with Crippen LogP contribution in [0.25, 0.3) is 6.08 Å². The molecular formula is C17H11N3O3S2. The highest BCUT2D eigenvalue weighted by Gasteiger charge is 2.32. The Morgan fingerprint density at radius 1 is 1.12 bits per heavy atom. The van der Waals surface area contributed by atoms with Gasteiger partial charge in [-0.1, -0.05) is 54.2 Å². The van der Waals surface area contributed by atoms with Gasteiger partial charge in [0, 0.05) is 17.7 Å². The summed E-state index contributed by atoms with van der Waals surface area (Å²) in [5.74, 6) is -0.319. The summed E-state index contributed by atoms with van der Waals surface area (Å²) >= 11 is 6.37. The molecule has 8 heteroatoms. The second-order valence-electron chi connectivity index (χ2n) is 5.00. The van der Waals surface area contributed by atoms with E-state index in [9.17, 15) is 14.9 Å². The zero-order chi connectivity index (χ0) is 17.8. The van der Waals surface area contributed by atoms with Crippen LogP contribution in [0.2, 0.25) is 0 Å². The first-order chi connectivity index (χ1) is 12.0. The number of hydrogen-bond acceptors (Lipinski definition) is 6. The van der Waals surface area contributed by atoms with E-state index >= 15 is 0 Å². The van der Waals surface area contributed by atoms with Crippen LogP contribution in [0.3, 0.4) is 0 Å². The first-order valence-electron chi connectivity index (χ1n) is 7.16. The van der Waals surface area contributed by atoms with E-state index in [2.05, 4.69) is 5.10 Å². The molecule has 1 fully saturated rings. The van der Waals surface area contributed by atoms with Gasteiger partial charge in [-0.3, -0.25) is 14.9 Å². The maximum atomic E-state index is 12.4. The summed E-state index contributed by atoms with van der Waals surface area (Å²) in [6.45, 7) is 0. The summed E-state index contributed by atoms with van der Waals surface area (Å²) < 4.78 is 0.314. The number of hydrazone groups is 1. The van der Waals surface area contributed by atoms with Gasteiger partial charge in [-0.2, -0.15) is 10.1 Å². The fraction of sp³-hybridized carbons (Fsp3) is 0. The summed E-state index contributed by atoms with van der Waals surface area (Å²) in [7, 11) is 0. The molecule has 124 valence electrons. The van der Waals surface area contributed by atoms with E-state index in [-0.39, 0.29) is 11.6 Å². The third kappa shape index (κ3) is 3.98. The Bertz CT molecular complexity index is 910. The van der Waals surface area contributed by atoms with Crippen molar-refractivity contribution in [1.82, 2.24) is 5.01 Å². The van der Waals surface area contributed by atoms with E-state index in [0.29, 0.717) is 14.8 Å². The van der Waals surface area contributed by atoms with Crippen LogP contribution < -0.4 is 0 Å². The average molecular weight is 369 g/mol. The number of thiocarbonyl (C=S) groups is 1. The van der Waals surface area contributed by atoms with Crippen LogP contribution in [0.15, 0.2) is 64.6 Å². The molecule has 1 heterocycles. The van der Waals surface area contributed by atoms with Gasteiger partial charge in [0.1, 0.15) is 0 Å². The predicted octanol–water partition coefficient (Wildman–Crippen LogP) is 3.83. The van der Waals surface area contributed by atoms with E-state index in [4.69, 9.17) is 12.2 Å². The number of amides is 1. The Hall–Kier alpha value is -2.84. The Morgan fingerprint density at radius 3 is 2.56 bits per heavy atom. The molecule has 2 aromatic carbocycles. The summed E-state index contributed by atoms with van der Waals surface area (Å²) in [4.78, 5) is 23.2. The largest absolute Gasteiger partial charge is 0.286 e. The molecule has 0 spiro atoms. The van der Waals surface area contributed by atoms with Crippen LogP contribution in [0.4, 0.5) is 5.69 Å². The van der Waals surface area contributed by atoms with Crippen LogP contribution in [-0.2, 0) is 4.79 Å². The number of rotatable bonds is 4. The van der Waals surface area contributed by atoms with Crippen molar-refractivity contribution in [3.05, 3.63) is 80.7 Å². The SMILES string of the molecule is O=C1/C(=C\c2ccccc2)SC(=S)N1/N=C/c1cccc([N+](=O)[O-])c1. The third-order valence-electron chi connectivity index (χ3n) is 3.27. The van der Waals surface area contributed by atoms with Crippen molar-refractivity contribution in [2.24, 2.45) is 5.10 Å². The molecule has 1 aliphatic heterocycles. The summed E-state index contributed by atoms with van der Waals surface area (Å²) in [6.07, 6.45) is 3.13. The quantitative estimate of drug-likeness (QED) is 0.269. The number of nitro groups is 1. The van der Waals surface area contributed by atoms with Crippen molar-refractivity contribution < 1.29 is 9.72 Å². The Kier molecular flexibility index (Phi) is 5.01. The third-order valence-corrected chi connectivity index (χ3v) is 4.56. The number of thioether (sulfide) groups is 1. The van der Waals surface area contributed by atoms with Gasteiger partial charge in [0.2, 0.25) is 0 Å². The standard InChI is InChI=1S/C17H11N3O3S2/c21-16-15(10-12-5-2-1-3-6-12)25-17(24)19(16)18-11-13-7-4-8-14(9-13)20(22)23/h1-11H/b15-10+,18-11+. The van der Waals surface area contributed by atoms with Crippen LogP contribution in [-0.4, -0.2) is 26.4 Å². The molecule has 0 atom stereocenters. The van der Waals surface area contributed by atoms with Gasteiger partial charge >= 0.3 is 0 Å². The molecule has 0 radical (unpaired) electrons. The molecule has 1 amide bonds. The molecule has 0 saturated carbocycles. The lowest BCUT2D eigenvalue weighted by Crippen LogP contribution is -2.22. The van der Waals surface area contributed by atoms with E-state index in [1.807, 2.05) is 30.3 Å². The van der Waals surface area contributed by atoms with Crippen molar-refractivity contribution >= 4 is 52.2 Å². The lowest BCUT2D eigenvalue weighted by atomic mass is 10.2. The summed E-state index contributed by atoms with van der Waals surface area (Å²) in [5, 5.41) is 16.0. The topological polar surface area (TPSA) is 75.8 Å². The second-order valence-corrected chi connectivity index (χ2v) is 6.68. The second kappa shape index (κ2) is 7.37. The van der Waals surface area contributed by atoms with Gasteiger partial charge in [-0.15, -0.1) is 0 Å². The van der Waals surface area contributed by atoms with E-state index in [1.165, 1.54) is 30.1 Å². The smallest absolute Gasteiger partial charge is 0.266 e. The van der Waals surface area contributed by atoms with E-state index in [0.717, 1.165) is 10.6 Å². The monoisotopic (exact) mass is 369 g/mol. The molecule has 25 heavy (non-hydrogen) atoms. The summed E-state index contributed by atoms with van der Waals surface area (Å²) in [6, 6.07) is 15.4. The Labute approximate surface area is 153 Å². The molecule has 2 aromatic rings. The fourth-order valence-electron chi connectivity index (χ4n) is 2.10. The molecule has 1 saturated heterocycles. The van der Waals surface area contributed by atoms with Crippen LogP contribution >= 0.6 is 24.0 Å². The van der Waals surface area contributed by atoms with Crippen LogP contribution in [0.1, 0.15) is 11.1 Å². The predicted molar refractivity (Wildman–Crippen MR) is 102 cm³/mol. The molecule has 0 bridgehead atoms. The van der Waals surface area contributed by atoms with E-state index in [1.54, 1.807) is 18.2 Å². The maximum absolute atomic E-state index is 12.4. The van der Waals surface area contributed by atoms with Gasteiger partial charge in [-0.05, 0) is 23.9 Å². The van der Waals surface area contributed by atoms with Crippen LogP contribution in [0, 0.1) is 10.1 Å². The highest BCUT2D eigenvalue weighted by atomic mass is 32.2. The summed E-state index contributed by atoms with van der Waals surface area (Å²) in [5.41, 5.74) is 1.36. The minimum Gasteiger partial charge on any atom is -0.266 e. The van der Waals surface area contributed by atoms with Gasteiger partial charge < -0.3 is 0 Å². The number of nitrogens with zero attached hydrogens (tertiary/aromatic N) is 3. The van der Waals surface area contributed by atoms with Crippen molar-refractivity contribution in [3.8, 4) is 0 Å². The first-order valence-corrected chi connectivity index (χ1v) is 8.38. The lowest BCUT2D eigenvalue weighted by Gasteiger charge is -2.05. The number of carbonyl (C=O) groups excluding carboxylic acids is 1. The normalized spacial score (nSPS) is 16.2. The number of benzene rings is 2. The van der Waals surface area contributed by atoms with Crippen molar-refractivity contribution in [2.45, 2.75) is 0 Å². The van der Waals surface area contributed by atoms with Crippen LogP contribution in [0.5, 0.6) is 0 Å². The molecule has 0 N–H and O–H groups in total. The maximum Gasteiger partial charge on any atom is 0.286 e. The molecule has 0 unspecified atom stereocenters. The van der Waals surface area contributed by atoms with Gasteiger partial charge in [0.25, 0.3) is 11.6 Å². The highest BCUT2D eigenvalue weighted by molar-refractivity contribution is 8.26. The van der Waals surface area contributed by atoms with Crippen molar-refractivity contribution in [2.75, 3.05) is 0 Å². The minimum atomic E-state index is -0.487. The minimum absolute atomic E-state index is 0.0432. The Balaban J connectivity index is 1.80. The number of hydrogen-bond donors (Lipinski definition) is 0. The lowest BCUT2D eigenvalue weighted by molar-refractivity contribution is -0.384. The molecule has 6 nitrogen and oxygen atoms in total. The zero-order valence-electron chi connectivity index (χ0n) is 12.7. The number of non-ortho nitro benzene ring substituents is 1.